The highest BCUT2D eigenvalue weighted by Crippen LogP contribution is 2.47. The number of halogens is 8. The van der Waals surface area contributed by atoms with Crippen LogP contribution in [-0.2, 0) is 19.6 Å². The van der Waals surface area contributed by atoms with Crippen molar-refractivity contribution in [2.75, 3.05) is 0 Å². The molecule has 1 atom stereocenters. The van der Waals surface area contributed by atoms with E-state index >= 15 is 0 Å². The van der Waals surface area contributed by atoms with E-state index in [9.17, 15) is 43.9 Å². The highest BCUT2D eigenvalue weighted by atomic mass is 35.5. The molecule has 0 aromatic carbocycles. The van der Waals surface area contributed by atoms with E-state index in [4.69, 9.17) is 9.66 Å². The first-order valence-corrected chi connectivity index (χ1v) is 5.64. The Hall–Kier alpha value is -0.860. The van der Waals surface area contributed by atoms with Crippen molar-refractivity contribution in [3.8, 4) is 0 Å². The summed E-state index contributed by atoms with van der Waals surface area (Å²) in [4.78, 5) is 10.1. The predicted molar refractivity (Wildman–Crippen MR) is 44.8 cm³/mol. The van der Waals surface area contributed by atoms with E-state index in [-0.39, 0.29) is 0 Å². The maximum Gasteiger partial charge on any atom is 0.460 e. The van der Waals surface area contributed by atoms with E-state index in [2.05, 4.69) is 16.3 Å². The zero-order valence-corrected chi connectivity index (χ0v) is 10.0. The van der Waals surface area contributed by atoms with Crippen molar-refractivity contribution in [2.45, 2.75) is 22.6 Å². The van der Waals surface area contributed by atoms with Crippen LogP contribution in [0.3, 0.4) is 0 Å². The molecule has 0 heterocycles. The number of carboxylic acid groups (broad SMARTS) is 1. The number of alkyl halides is 8. The number of carbonyl (C=O) groups is 1. The predicted octanol–water partition coefficient (Wildman–Crippen LogP) is 1.66. The van der Waals surface area contributed by atoms with Crippen LogP contribution in [-0.4, -0.2) is 46.6 Å². The molecule has 20 heavy (non-hydrogen) atoms. The van der Waals surface area contributed by atoms with Gasteiger partial charge in [-0.3, -0.25) is 9.29 Å². The van der Waals surface area contributed by atoms with Gasteiger partial charge in [-0.15, -0.1) is 0 Å². The smallest absolute Gasteiger partial charge is 0.460 e. The zero-order valence-electron chi connectivity index (χ0n) is 8.46. The number of hydrogen-bond acceptors (Lipinski definition) is 4. The molecule has 0 fully saturated rings. The topological polar surface area (TPSA) is 101 Å². The van der Waals surface area contributed by atoms with Gasteiger partial charge in [0, 0.05) is 0 Å². The first-order valence-electron chi connectivity index (χ1n) is 3.82. The highest BCUT2D eigenvalue weighted by Gasteiger charge is 2.75. The summed E-state index contributed by atoms with van der Waals surface area (Å²) in [5.41, 5.74) is 0. The van der Waals surface area contributed by atoms with Crippen LogP contribution in [0, 0.1) is 0 Å². The second kappa shape index (κ2) is 4.85. The lowest BCUT2D eigenvalue weighted by atomic mass is 10.3. The first kappa shape index (κ1) is 19.1. The zero-order chi connectivity index (χ0) is 16.8. The molecular formula is C5H2ClF7O6S. The molecule has 0 aliphatic carbocycles. The Balaban J connectivity index is 5.86. The van der Waals surface area contributed by atoms with Crippen LogP contribution in [0.4, 0.5) is 30.7 Å². The average molecular weight is 359 g/mol. The average Bonchev–Trinajstić information content (AvgIpc) is 2.12. The van der Waals surface area contributed by atoms with Gasteiger partial charge in [0.05, 0.1) is 0 Å². The molecule has 0 spiro atoms. The number of hydrogen-bond donors (Lipinski definition) is 2. The van der Waals surface area contributed by atoms with Crippen molar-refractivity contribution >= 4 is 27.7 Å². The molecule has 0 saturated carbocycles. The SMILES string of the molecule is O=C(O)C(F)(OC(F)(F)C(F)(F)S(=O)(=O)O)C(F)(F)Cl. The Morgan fingerprint density at radius 2 is 1.40 bits per heavy atom. The van der Waals surface area contributed by atoms with Gasteiger partial charge in [-0.2, -0.15) is 39.2 Å². The first-order chi connectivity index (χ1) is 8.40. The highest BCUT2D eigenvalue weighted by molar-refractivity contribution is 7.86. The summed E-state index contributed by atoms with van der Waals surface area (Å²) in [6, 6.07) is 0. The van der Waals surface area contributed by atoms with Gasteiger partial charge in [-0.1, -0.05) is 0 Å². The molecule has 6 nitrogen and oxygen atoms in total. The lowest BCUT2D eigenvalue weighted by molar-refractivity contribution is -0.397. The summed E-state index contributed by atoms with van der Waals surface area (Å²) < 4.78 is 118. The van der Waals surface area contributed by atoms with E-state index in [0.717, 1.165) is 0 Å². The molecule has 0 amide bonds. The maximum atomic E-state index is 13.0. The minimum Gasteiger partial charge on any atom is -0.477 e. The fourth-order valence-corrected chi connectivity index (χ4v) is 1.07. The second-order valence-corrected chi connectivity index (χ2v) is 4.95. The summed E-state index contributed by atoms with van der Waals surface area (Å²) in [5, 5.41) is -4.46. The van der Waals surface area contributed by atoms with Gasteiger partial charge in [0.25, 0.3) is 0 Å². The van der Waals surface area contributed by atoms with E-state index < -0.39 is 38.7 Å². The molecular weight excluding hydrogens is 357 g/mol. The molecule has 0 rings (SSSR count). The lowest BCUT2D eigenvalue weighted by Gasteiger charge is -2.31. The lowest BCUT2D eigenvalue weighted by Crippen LogP contribution is -2.59. The second-order valence-electron chi connectivity index (χ2n) is 3.01. The van der Waals surface area contributed by atoms with Crippen LogP contribution >= 0.6 is 11.6 Å². The van der Waals surface area contributed by atoms with Crippen molar-refractivity contribution in [1.82, 2.24) is 0 Å². The number of ether oxygens (including phenoxy) is 1. The molecule has 15 heteroatoms. The number of aliphatic carboxylic acids is 1. The third-order valence-electron chi connectivity index (χ3n) is 1.57. The third-order valence-corrected chi connectivity index (χ3v) is 2.70. The Kier molecular flexibility index (Phi) is 4.64. The molecule has 0 aromatic heterocycles. The summed E-state index contributed by atoms with van der Waals surface area (Å²) in [6.45, 7) is 0. The van der Waals surface area contributed by atoms with Gasteiger partial charge in [-0.25, -0.2) is 4.79 Å². The molecule has 1 unspecified atom stereocenters. The van der Waals surface area contributed by atoms with Gasteiger partial charge in [0.1, 0.15) is 0 Å². The van der Waals surface area contributed by atoms with E-state index in [0.29, 0.717) is 0 Å². The molecule has 0 aromatic rings. The van der Waals surface area contributed by atoms with Crippen LogP contribution in [0.15, 0.2) is 0 Å². The van der Waals surface area contributed by atoms with Gasteiger partial charge in [0.2, 0.25) is 0 Å². The molecule has 0 aliphatic rings. The van der Waals surface area contributed by atoms with E-state index in [1.54, 1.807) is 0 Å². The fraction of sp³-hybridized carbons (Fsp3) is 0.800. The minimum atomic E-state index is -6.96. The van der Waals surface area contributed by atoms with Gasteiger partial charge in [-0.05, 0) is 11.6 Å². The van der Waals surface area contributed by atoms with Crippen molar-refractivity contribution < 1.29 is 58.3 Å². The third kappa shape index (κ3) is 3.07. The molecule has 0 radical (unpaired) electrons. The van der Waals surface area contributed by atoms with Crippen molar-refractivity contribution in [3.05, 3.63) is 0 Å². The molecule has 2 N–H and O–H groups in total. The minimum absolute atomic E-state index is 2.07. The summed E-state index contributed by atoms with van der Waals surface area (Å²) in [7, 11) is -6.96. The van der Waals surface area contributed by atoms with Crippen LogP contribution in [0.5, 0.6) is 0 Å². The fourth-order valence-electron chi connectivity index (χ4n) is 0.609. The Morgan fingerprint density at radius 3 is 1.60 bits per heavy atom. The number of rotatable bonds is 6. The summed E-state index contributed by atoms with van der Waals surface area (Å²) in [5.74, 6) is -9.46. The van der Waals surface area contributed by atoms with Crippen LogP contribution in [0.1, 0.15) is 0 Å². The van der Waals surface area contributed by atoms with Gasteiger partial charge in [0.15, 0.2) is 0 Å². The van der Waals surface area contributed by atoms with Crippen LogP contribution < -0.4 is 0 Å². The maximum absolute atomic E-state index is 13.0. The van der Waals surface area contributed by atoms with Crippen molar-refractivity contribution in [2.24, 2.45) is 0 Å². The Labute approximate surface area is 109 Å². The summed E-state index contributed by atoms with van der Waals surface area (Å²) >= 11 is 3.80. The van der Waals surface area contributed by atoms with Gasteiger partial charge >= 0.3 is 38.7 Å². The quantitative estimate of drug-likeness (QED) is 0.425. The molecule has 0 saturated heterocycles. The molecule has 0 bridgehead atoms. The van der Waals surface area contributed by atoms with Crippen molar-refractivity contribution in [3.63, 3.8) is 0 Å². The summed E-state index contributed by atoms with van der Waals surface area (Å²) in [6.07, 6.45) is -6.69. The van der Waals surface area contributed by atoms with E-state index in [1.165, 1.54) is 0 Å². The van der Waals surface area contributed by atoms with Crippen LogP contribution in [0.2, 0.25) is 0 Å². The molecule has 0 aliphatic heterocycles. The van der Waals surface area contributed by atoms with Gasteiger partial charge < -0.3 is 5.11 Å². The standard InChI is InChI=1S/C5H2ClF7O6S/c6-3(8,9)2(7,1(14)15)19-4(10,11)5(12,13)20(16,17)18/h(H,14,15)(H,16,17,18). The Morgan fingerprint density at radius 1 is 1.05 bits per heavy atom. The van der Waals surface area contributed by atoms with E-state index in [1.807, 2.05) is 0 Å². The molecule has 120 valence electrons. The Bertz CT molecular complexity index is 500. The normalized spacial score (nSPS) is 17.6. The number of carboxylic acids is 1. The van der Waals surface area contributed by atoms with Crippen molar-refractivity contribution in [1.29, 1.82) is 0 Å². The van der Waals surface area contributed by atoms with Crippen LogP contribution in [0.25, 0.3) is 0 Å². The monoisotopic (exact) mass is 358 g/mol. The largest absolute Gasteiger partial charge is 0.477 e.